The summed E-state index contributed by atoms with van der Waals surface area (Å²) in [5.41, 5.74) is 1.15. The van der Waals surface area contributed by atoms with Crippen molar-refractivity contribution < 1.29 is 14.3 Å². The molecule has 2 aromatic rings. The molecule has 1 fully saturated rings. The Morgan fingerprint density at radius 2 is 1.75 bits per heavy atom. The summed E-state index contributed by atoms with van der Waals surface area (Å²) >= 11 is 0. The Morgan fingerprint density at radius 3 is 2.38 bits per heavy atom. The summed E-state index contributed by atoms with van der Waals surface area (Å²) in [6.07, 6.45) is 2.70. The van der Waals surface area contributed by atoms with Crippen molar-refractivity contribution in [3.05, 3.63) is 54.1 Å². The Balaban J connectivity index is 1.90. The second-order valence-electron chi connectivity index (χ2n) is 6.02. The predicted molar refractivity (Wildman–Crippen MR) is 94.8 cm³/mol. The van der Waals surface area contributed by atoms with Crippen molar-refractivity contribution in [2.45, 2.75) is 31.6 Å². The number of ether oxygens (including phenoxy) is 2. The Bertz CT molecular complexity index is 722. The van der Waals surface area contributed by atoms with Crippen LogP contribution in [0.5, 0.6) is 11.5 Å². The van der Waals surface area contributed by atoms with E-state index in [0.717, 1.165) is 30.6 Å². The largest absolute Gasteiger partial charge is 0.496 e. The molecule has 1 aliphatic rings. The van der Waals surface area contributed by atoms with E-state index in [1.54, 1.807) is 7.11 Å². The highest BCUT2D eigenvalue weighted by Gasteiger charge is 2.47. The molecular weight excluding hydrogens is 302 g/mol. The average Bonchev–Trinajstić information content (AvgIpc) is 2.56. The van der Waals surface area contributed by atoms with Crippen LogP contribution >= 0.6 is 0 Å². The lowest BCUT2D eigenvalue weighted by Gasteiger charge is -2.41. The van der Waals surface area contributed by atoms with E-state index < -0.39 is 5.41 Å². The fraction of sp³-hybridized carbons (Fsp3) is 0.350. The van der Waals surface area contributed by atoms with Crippen LogP contribution in [-0.4, -0.2) is 19.6 Å². The first-order valence-corrected chi connectivity index (χ1v) is 8.38. The Kier molecular flexibility index (Phi) is 4.74. The molecule has 0 aliphatic heterocycles. The number of carbonyl (C=O) groups excluding carboxylic acids is 1. The van der Waals surface area contributed by atoms with Gasteiger partial charge in [-0.25, -0.2) is 0 Å². The molecule has 0 heterocycles. The van der Waals surface area contributed by atoms with Crippen LogP contribution in [-0.2, 0) is 10.2 Å². The van der Waals surface area contributed by atoms with Crippen LogP contribution < -0.4 is 14.8 Å². The Morgan fingerprint density at radius 1 is 1.08 bits per heavy atom. The molecular formula is C20H23NO3. The molecule has 2 aromatic carbocycles. The summed E-state index contributed by atoms with van der Waals surface area (Å²) in [6, 6.07) is 15.3. The van der Waals surface area contributed by atoms with Crippen molar-refractivity contribution in [2.75, 3.05) is 19.0 Å². The first-order valence-electron chi connectivity index (χ1n) is 8.38. The topological polar surface area (TPSA) is 47.6 Å². The molecule has 0 atom stereocenters. The van der Waals surface area contributed by atoms with Gasteiger partial charge in [0.15, 0.2) is 0 Å². The van der Waals surface area contributed by atoms with Gasteiger partial charge in [0.25, 0.3) is 0 Å². The molecule has 0 unspecified atom stereocenters. The van der Waals surface area contributed by atoms with E-state index in [4.69, 9.17) is 9.47 Å². The quantitative estimate of drug-likeness (QED) is 0.868. The zero-order valence-electron chi connectivity index (χ0n) is 14.2. The van der Waals surface area contributed by atoms with Gasteiger partial charge in [-0.1, -0.05) is 36.8 Å². The molecule has 4 nitrogen and oxygen atoms in total. The van der Waals surface area contributed by atoms with Gasteiger partial charge in [-0.15, -0.1) is 0 Å². The molecule has 0 saturated heterocycles. The second kappa shape index (κ2) is 6.95. The van der Waals surface area contributed by atoms with Crippen LogP contribution in [0.4, 0.5) is 5.69 Å². The number of nitrogens with one attached hydrogen (secondary N) is 1. The number of para-hydroxylation sites is 3. The molecule has 126 valence electrons. The maximum absolute atomic E-state index is 13.1. The van der Waals surface area contributed by atoms with Crippen molar-refractivity contribution >= 4 is 11.6 Å². The summed E-state index contributed by atoms with van der Waals surface area (Å²) < 4.78 is 11.1. The monoisotopic (exact) mass is 325 g/mol. The zero-order valence-corrected chi connectivity index (χ0v) is 14.2. The van der Waals surface area contributed by atoms with Gasteiger partial charge in [0.2, 0.25) is 5.91 Å². The van der Waals surface area contributed by atoms with Crippen LogP contribution in [0, 0.1) is 0 Å². The first kappa shape index (κ1) is 16.4. The molecule has 24 heavy (non-hydrogen) atoms. The van der Waals surface area contributed by atoms with Gasteiger partial charge in [-0.3, -0.25) is 4.79 Å². The molecule has 0 radical (unpaired) electrons. The zero-order chi connectivity index (χ0) is 17.0. The third-order valence-electron chi connectivity index (χ3n) is 4.70. The van der Waals surface area contributed by atoms with Gasteiger partial charge in [-0.05, 0) is 38.0 Å². The highest BCUT2D eigenvalue weighted by atomic mass is 16.5. The van der Waals surface area contributed by atoms with E-state index in [2.05, 4.69) is 5.32 Å². The van der Waals surface area contributed by atoms with E-state index in [1.807, 2.05) is 55.5 Å². The van der Waals surface area contributed by atoms with Crippen LogP contribution in [0.2, 0.25) is 0 Å². The van der Waals surface area contributed by atoms with E-state index in [0.29, 0.717) is 18.0 Å². The minimum Gasteiger partial charge on any atom is -0.496 e. The van der Waals surface area contributed by atoms with E-state index >= 15 is 0 Å². The van der Waals surface area contributed by atoms with Crippen molar-refractivity contribution in [2.24, 2.45) is 0 Å². The summed E-state index contributed by atoms with van der Waals surface area (Å²) in [6.45, 7) is 2.49. The molecule has 1 saturated carbocycles. The van der Waals surface area contributed by atoms with Crippen LogP contribution in [0.1, 0.15) is 31.7 Å². The van der Waals surface area contributed by atoms with E-state index in [9.17, 15) is 4.79 Å². The summed E-state index contributed by atoms with van der Waals surface area (Å²) in [5, 5.41) is 3.07. The minimum atomic E-state index is -0.522. The molecule has 0 aromatic heterocycles. The van der Waals surface area contributed by atoms with Crippen molar-refractivity contribution in [3.63, 3.8) is 0 Å². The second-order valence-corrected chi connectivity index (χ2v) is 6.02. The number of methoxy groups -OCH3 is 1. The Hall–Kier alpha value is -2.49. The van der Waals surface area contributed by atoms with E-state index in [1.165, 1.54) is 0 Å². The predicted octanol–water partition coefficient (Wildman–Crippen LogP) is 4.15. The highest BCUT2D eigenvalue weighted by molar-refractivity contribution is 6.01. The smallest absolute Gasteiger partial charge is 0.235 e. The molecule has 1 N–H and O–H groups in total. The fourth-order valence-electron chi connectivity index (χ4n) is 3.28. The fourth-order valence-corrected chi connectivity index (χ4v) is 3.28. The van der Waals surface area contributed by atoms with Gasteiger partial charge in [0.1, 0.15) is 11.5 Å². The average molecular weight is 325 g/mol. The van der Waals surface area contributed by atoms with Gasteiger partial charge >= 0.3 is 0 Å². The summed E-state index contributed by atoms with van der Waals surface area (Å²) in [4.78, 5) is 13.1. The molecule has 4 heteroatoms. The van der Waals surface area contributed by atoms with Crippen LogP contribution in [0.15, 0.2) is 48.5 Å². The van der Waals surface area contributed by atoms with Crippen molar-refractivity contribution in [1.82, 2.24) is 0 Å². The number of hydrogen-bond donors (Lipinski definition) is 1. The Labute approximate surface area is 142 Å². The number of amides is 1. The SMILES string of the molecule is CCOc1ccccc1NC(=O)C1(c2ccccc2OC)CCC1. The highest BCUT2D eigenvalue weighted by Crippen LogP contribution is 2.48. The lowest BCUT2D eigenvalue weighted by atomic mass is 9.63. The molecule has 1 aliphatic carbocycles. The standard InChI is InChI=1S/C20H23NO3/c1-3-24-18-12-7-5-10-16(18)21-19(22)20(13-8-14-20)15-9-4-6-11-17(15)23-2/h4-7,9-12H,3,8,13-14H2,1-2H3,(H,21,22). The van der Waals surface area contributed by atoms with Crippen LogP contribution in [0.25, 0.3) is 0 Å². The summed E-state index contributed by atoms with van der Waals surface area (Å²) in [5.74, 6) is 1.47. The third-order valence-corrected chi connectivity index (χ3v) is 4.70. The normalized spacial score (nSPS) is 15.2. The molecule has 1 amide bonds. The number of benzene rings is 2. The number of rotatable bonds is 6. The van der Waals surface area contributed by atoms with Gasteiger partial charge in [0.05, 0.1) is 24.8 Å². The first-order chi connectivity index (χ1) is 11.7. The maximum atomic E-state index is 13.1. The van der Waals surface area contributed by atoms with Gasteiger partial charge in [-0.2, -0.15) is 0 Å². The van der Waals surface area contributed by atoms with Crippen LogP contribution in [0.3, 0.4) is 0 Å². The molecule has 0 spiro atoms. The minimum absolute atomic E-state index is 0.00500. The number of hydrogen-bond acceptors (Lipinski definition) is 3. The lowest BCUT2D eigenvalue weighted by molar-refractivity contribution is -0.124. The van der Waals surface area contributed by atoms with Crippen molar-refractivity contribution in [3.8, 4) is 11.5 Å². The van der Waals surface area contributed by atoms with Gasteiger partial charge in [0, 0.05) is 5.56 Å². The third kappa shape index (κ3) is 2.84. The van der Waals surface area contributed by atoms with Crippen molar-refractivity contribution in [1.29, 1.82) is 0 Å². The number of anilines is 1. The van der Waals surface area contributed by atoms with Gasteiger partial charge < -0.3 is 14.8 Å². The molecule has 0 bridgehead atoms. The maximum Gasteiger partial charge on any atom is 0.235 e. The van der Waals surface area contributed by atoms with E-state index in [-0.39, 0.29) is 5.91 Å². The molecule has 3 rings (SSSR count). The lowest BCUT2D eigenvalue weighted by Crippen LogP contribution is -2.46. The summed E-state index contributed by atoms with van der Waals surface area (Å²) in [7, 11) is 1.65. The number of carbonyl (C=O) groups is 1.